The van der Waals surface area contributed by atoms with Gasteiger partial charge in [-0.15, -0.1) is 0 Å². The third-order valence-electron chi connectivity index (χ3n) is 5.28. The van der Waals surface area contributed by atoms with Gasteiger partial charge in [0.1, 0.15) is 11.5 Å². The SMILES string of the molecule is CCCN1C(=O)C(=O)/C(=C(/O)c2cc(Cl)cc(Cl)c2OC)C1c1ccc(OCC)c(OC)c1. The number of amides is 1. The average molecular weight is 494 g/mol. The lowest BCUT2D eigenvalue weighted by atomic mass is 9.94. The molecule has 0 aliphatic carbocycles. The van der Waals surface area contributed by atoms with E-state index in [0.29, 0.717) is 36.6 Å². The predicted molar refractivity (Wildman–Crippen MR) is 126 cm³/mol. The topological polar surface area (TPSA) is 85.3 Å². The fourth-order valence-electron chi connectivity index (χ4n) is 3.92. The van der Waals surface area contributed by atoms with E-state index in [4.69, 9.17) is 37.4 Å². The second-order valence-electron chi connectivity index (χ2n) is 7.30. The number of halogens is 2. The van der Waals surface area contributed by atoms with Gasteiger partial charge in [-0.05, 0) is 43.2 Å². The molecule has 2 aromatic carbocycles. The Kier molecular flexibility index (Phi) is 7.76. The maximum Gasteiger partial charge on any atom is 0.295 e. The molecular formula is C24H25Cl2NO6. The summed E-state index contributed by atoms with van der Waals surface area (Å²) in [5, 5.41) is 11.7. The number of rotatable bonds is 8. The van der Waals surface area contributed by atoms with Crippen LogP contribution >= 0.6 is 23.2 Å². The van der Waals surface area contributed by atoms with E-state index in [-0.39, 0.29) is 26.9 Å². The van der Waals surface area contributed by atoms with Crippen molar-refractivity contribution in [1.29, 1.82) is 0 Å². The van der Waals surface area contributed by atoms with E-state index < -0.39 is 23.5 Å². The highest BCUT2D eigenvalue weighted by Gasteiger charge is 2.46. The van der Waals surface area contributed by atoms with Crippen molar-refractivity contribution in [1.82, 2.24) is 4.90 Å². The molecule has 9 heteroatoms. The summed E-state index contributed by atoms with van der Waals surface area (Å²) in [6.07, 6.45) is 0.615. The maximum absolute atomic E-state index is 13.1. The Hall–Kier alpha value is -2.90. The first-order chi connectivity index (χ1) is 15.8. The van der Waals surface area contributed by atoms with Crippen LogP contribution in [-0.4, -0.2) is 49.1 Å². The molecule has 1 atom stereocenters. The summed E-state index contributed by atoms with van der Waals surface area (Å²) in [5.74, 6) is -0.825. The highest BCUT2D eigenvalue weighted by Crippen LogP contribution is 2.44. The Morgan fingerprint density at radius 2 is 1.79 bits per heavy atom. The van der Waals surface area contributed by atoms with E-state index in [1.54, 1.807) is 18.2 Å². The van der Waals surface area contributed by atoms with Gasteiger partial charge in [-0.1, -0.05) is 36.2 Å². The molecule has 1 heterocycles. The normalized spacial score (nSPS) is 17.4. The van der Waals surface area contributed by atoms with Crippen LogP contribution in [-0.2, 0) is 9.59 Å². The van der Waals surface area contributed by atoms with Crippen molar-refractivity contribution in [3.63, 3.8) is 0 Å². The molecule has 1 unspecified atom stereocenters. The molecule has 1 saturated heterocycles. The van der Waals surface area contributed by atoms with Gasteiger partial charge >= 0.3 is 0 Å². The summed E-state index contributed by atoms with van der Waals surface area (Å²) in [4.78, 5) is 27.5. The van der Waals surface area contributed by atoms with Crippen molar-refractivity contribution in [3.8, 4) is 17.2 Å². The molecule has 0 aromatic heterocycles. The zero-order chi connectivity index (χ0) is 24.3. The van der Waals surface area contributed by atoms with Crippen molar-refractivity contribution >= 4 is 40.7 Å². The number of benzene rings is 2. The molecular weight excluding hydrogens is 469 g/mol. The number of Topliss-reactive ketones (excluding diaryl/α,β-unsaturated/α-hetero) is 1. The zero-order valence-electron chi connectivity index (χ0n) is 18.8. The van der Waals surface area contributed by atoms with Crippen molar-refractivity contribution in [2.45, 2.75) is 26.3 Å². The van der Waals surface area contributed by atoms with Crippen LogP contribution in [0.3, 0.4) is 0 Å². The standard InChI is InChI=1S/C24H25Cl2NO6/c1-5-9-27-20(13-7-8-17(33-6-2)18(10-13)31-3)19(22(29)24(27)30)21(28)15-11-14(25)12-16(26)23(15)32-4/h7-8,10-12,20,28H,5-6,9H2,1-4H3/b21-19+. The van der Waals surface area contributed by atoms with Crippen LogP contribution in [0.1, 0.15) is 37.4 Å². The van der Waals surface area contributed by atoms with Crippen LogP contribution < -0.4 is 14.2 Å². The largest absolute Gasteiger partial charge is 0.507 e. The fourth-order valence-corrected chi connectivity index (χ4v) is 4.49. The third kappa shape index (κ3) is 4.61. The monoisotopic (exact) mass is 493 g/mol. The molecule has 1 aliphatic rings. The van der Waals surface area contributed by atoms with Crippen molar-refractivity contribution in [2.75, 3.05) is 27.4 Å². The van der Waals surface area contributed by atoms with E-state index in [1.165, 1.54) is 31.3 Å². The van der Waals surface area contributed by atoms with Gasteiger partial charge in [0.05, 0.1) is 43.0 Å². The summed E-state index contributed by atoms with van der Waals surface area (Å²) >= 11 is 12.4. The zero-order valence-corrected chi connectivity index (χ0v) is 20.3. The minimum atomic E-state index is -0.850. The van der Waals surface area contributed by atoms with Gasteiger partial charge in [0.25, 0.3) is 11.7 Å². The van der Waals surface area contributed by atoms with Crippen LogP contribution in [0.15, 0.2) is 35.9 Å². The molecule has 176 valence electrons. The number of ether oxygens (including phenoxy) is 3. The van der Waals surface area contributed by atoms with Gasteiger partial charge in [-0.2, -0.15) is 0 Å². The molecule has 0 radical (unpaired) electrons. The number of hydrogen-bond acceptors (Lipinski definition) is 6. The number of likely N-dealkylation sites (tertiary alicyclic amines) is 1. The molecule has 1 N–H and O–H groups in total. The molecule has 1 fully saturated rings. The van der Waals surface area contributed by atoms with E-state index in [0.717, 1.165) is 0 Å². The fraction of sp³-hybridized carbons (Fsp3) is 0.333. The van der Waals surface area contributed by atoms with E-state index >= 15 is 0 Å². The lowest BCUT2D eigenvalue weighted by Gasteiger charge is -2.25. The Bertz CT molecular complexity index is 1110. The minimum absolute atomic E-state index is 0.0868. The second kappa shape index (κ2) is 10.4. The summed E-state index contributed by atoms with van der Waals surface area (Å²) in [6.45, 7) is 4.51. The van der Waals surface area contributed by atoms with Gasteiger partial charge < -0.3 is 24.2 Å². The molecule has 2 aromatic rings. The van der Waals surface area contributed by atoms with E-state index in [9.17, 15) is 14.7 Å². The van der Waals surface area contributed by atoms with E-state index in [1.807, 2.05) is 13.8 Å². The molecule has 1 amide bonds. The first kappa shape index (κ1) is 24.7. The lowest BCUT2D eigenvalue weighted by molar-refractivity contribution is -0.139. The molecule has 0 saturated carbocycles. The Morgan fingerprint density at radius 3 is 2.39 bits per heavy atom. The van der Waals surface area contributed by atoms with Crippen molar-refractivity contribution in [2.24, 2.45) is 0 Å². The molecule has 0 bridgehead atoms. The van der Waals surface area contributed by atoms with Crippen LogP contribution in [0.25, 0.3) is 5.76 Å². The summed E-state index contributed by atoms with van der Waals surface area (Å²) in [6, 6.07) is 7.19. The lowest BCUT2D eigenvalue weighted by Crippen LogP contribution is -2.30. The number of hydrogen-bond donors (Lipinski definition) is 1. The quantitative estimate of drug-likeness (QED) is 0.307. The minimum Gasteiger partial charge on any atom is -0.507 e. The molecule has 33 heavy (non-hydrogen) atoms. The number of carbonyl (C=O) groups is 2. The Morgan fingerprint density at radius 1 is 1.06 bits per heavy atom. The molecule has 1 aliphatic heterocycles. The predicted octanol–water partition coefficient (Wildman–Crippen LogP) is 5.24. The summed E-state index contributed by atoms with van der Waals surface area (Å²) in [5.41, 5.74) is 0.611. The first-order valence-corrected chi connectivity index (χ1v) is 11.2. The number of aliphatic hydroxyl groups is 1. The maximum atomic E-state index is 13.1. The van der Waals surface area contributed by atoms with Crippen LogP contribution in [0.4, 0.5) is 0 Å². The van der Waals surface area contributed by atoms with Gasteiger partial charge in [0, 0.05) is 11.6 Å². The number of nitrogens with zero attached hydrogens (tertiary/aromatic N) is 1. The van der Waals surface area contributed by atoms with Gasteiger partial charge in [0.2, 0.25) is 0 Å². The molecule has 0 spiro atoms. The van der Waals surface area contributed by atoms with Gasteiger partial charge in [-0.3, -0.25) is 9.59 Å². The third-order valence-corrected chi connectivity index (χ3v) is 5.77. The highest BCUT2D eigenvalue weighted by atomic mass is 35.5. The van der Waals surface area contributed by atoms with E-state index in [2.05, 4.69) is 0 Å². The van der Waals surface area contributed by atoms with Crippen molar-refractivity contribution in [3.05, 3.63) is 57.1 Å². The Labute approximate surface area is 202 Å². The number of methoxy groups -OCH3 is 2. The summed E-state index contributed by atoms with van der Waals surface area (Å²) < 4.78 is 16.4. The van der Waals surface area contributed by atoms with Crippen LogP contribution in [0.2, 0.25) is 10.0 Å². The van der Waals surface area contributed by atoms with Crippen LogP contribution in [0, 0.1) is 0 Å². The summed E-state index contributed by atoms with van der Waals surface area (Å²) in [7, 11) is 2.89. The number of aliphatic hydroxyl groups excluding tert-OH is 1. The number of carbonyl (C=O) groups excluding carboxylic acids is 2. The second-order valence-corrected chi connectivity index (χ2v) is 8.15. The smallest absolute Gasteiger partial charge is 0.295 e. The van der Waals surface area contributed by atoms with Crippen LogP contribution in [0.5, 0.6) is 17.2 Å². The molecule has 3 rings (SSSR count). The first-order valence-electron chi connectivity index (χ1n) is 10.4. The van der Waals surface area contributed by atoms with Gasteiger partial charge in [-0.25, -0.2) is 0 Å². The average Bonchev–Trinajstić information content (AvgIpc) is 3.04. The number of ketones is 1. The van der Waals surface area contributed by atoms with Gasteiger partial charge in [0.15, 0.2) is 11.5 Å². The Balaban J connectivity index is 2.27. The van der Waals surface area contributed by atoms with Crippen molar-refractivity contribution < 1.29 is 28.9 Å². The molecule has 7 nitrogen and oxygen atoms in total. The highest BCUT2D eigenvalue weighted by molar-refractivity contribution is 6.46.